The Morgan fingerprint density at radius 2 is 2.37 bits per heavy atom. The molecular weight excluding hydrogens is 277 g/mol. The van der Waals surface area contributed by atoms with Gasteiger partial charge < -0.3 is 10.8 Å². The van der Waals surface area contributed by atoms with Gasteiger partial charge in [0.15, 0.2) is 0 Å². The number of amides is 1. The van der Waals surface area contributed by atoms with Gasteiger partial charge in [-0.15, -0.1) is 11.3 Å². The van der Waals surface area contributed by atoms with Crippen LogP contribution >= 0.6 is 20.7 Å². The Labute approximate surface area is 117 Å². The third kappa shape index (κ3) is 2.13. The lowest BCUT2D eigenvalue weighted by Gasteiger charge is -2.02. The topological polar surface area (TPSA) is 68.0 Å². The normalized spacial score (nSPS) is 14.7. The molecule has 1 aliphatic carbocycles. The fourth-order valence-corrected chi connectivity index (χ4v) is 3.84. The number of rotatable bonds is 3. The summed E-state index contributed by atoms with van der Waals surface area (Å²) in [5.74, 6) is 0.327. The Kier molecular flexibility index (Phi) is 3.25. The van der Waals surface area contributed by atoms with E-state index < -0.39 is 5.91 Å². The van der Waals surface area contributed by atoms with E-state index in [0.29, 0.717) is 5.56 Å². The molecule has 2 aromatic rings. The van der Waals surface area contributed by atoms with E-state index in [0.717, 1.165) is 28.7 Å². The lowest BCUT2D eigenvalue weighted by Crippen LogP contribution is -2.11. The van der Waals surface area contributed by atoms with Crippen LogP contribution in [0.1, 0.15) is 34.5 Å². The van der Waals surface area contributed by atoms with Crippen molar-refractivity contribution in [3.63, 3.8) is 0 Å². The Bertz CT molecular complexity index is 692. The summed E-state index contributed by atoms with van der Waals surface area (Å²) in [7, 11) is 2.44. The van der Waals surface area contributed by atoms with Gasteiger partial charge in [0.25, 0.3) is 5.91 Å². The van der Waals surface area contributed by atoms with Gasteiger partial charge in [-0.1, -0.05) is 6.08 Å². The highest BCUT2D eigenvalue weighted by atomic mass is 32.1. The molecular formula is C13H14N3OPS. The van der Waals surface area contributed by atoms with Crippen LogP contribution in [0.25, 0.3) is 15.7 Å². The van der Waals surface area contributed by atoms with Crippen LogP contribution in [0, 0.1) is 0 Å². The second-order valence-corrected chi connectivity index (χ2v) is 5.84. The Balaban J connectivity index is 2.23. The van der Waals surface area contributed by atoms with Crippen LogP contribution in [-0.4, -0.2) is 10.9 Å². The van der Waals surface area contributed by atoms with Crippen LogP contribution in [0.4, 0.5) is 5.82 Å². The van der Waals surface area contributed by atoms with Crippen molar-refractivity contribution in [2.45, 2.75) is 19.3 Å². The number of thiophene rings is 1. The van der Waals surface area contributed by atoms with Gasteiger partial charge >= 0.3 is 0 Å². The number of carbonyl (C=O) groups is 1. The average molecular weight is 291 g/mol. The van der Waals surface area contributed by atoms with E-state index in [1.807, 2.05) is 0 Å². The molecule has 1 amide bonds. The minimum absolute atomic E-state index is 0.429. The molecule has 2 heterocycles. The lowest BCUT2D eigenvalue weighted by molar-refractivity contribution is 0.100. The number of nitrogens with one attached hydrogen (secondary N) is 1. The Morgan fingerprint density at radius 3 is 3.00 bits per heavy atom. The van der Waals surface area contributed by atoms with Crippen molar-refractivity contribution < 1.29 is 4.79 Å². The van der Waals surface area contributed by atoms with Crippen LogP contribution in [0.15, 0.2) is 18.3 Å². The van der Waals surface area contributed by atoms with Crippen molar-refractivity contribution >= 4 is 48.1 Å². The number of carbonyl (C=O) groups excluding carboxylic acids is 1. The number of aromatic nitrogens is 1. The SMILES string of the molecule is NC(=O)c1cnc(NP)c2cc(C3=CCCC3)sc12. The maximum Gasteiger partial charge on any atom is 0.251 e. The van der Waals surface area contributed by atoms with E-state index in [1.165, 1.54) is 16.9 Å². The average Bonchev–Trinajstić information content (AvgIpc) is 3.05. The summed E-state index contributed by atoms with van der Waals surface area (Å²) in [6, 6.07) is 2.10. The lowest BCUT2D eigenvalue weighted by atomic mass is 10.1. The minimum atomic E-state index is -0.429. The summed E-state index contributed by atoms with van der Waals surface area (Å²) in [4.78, 5) is 16.9. The van der Waals surface area contributed by atoms with Crippen LogP contribution in [0.3, 0.4) is 0 Å². The molecule has 0 spiro atoms. The van der Waals surface area contributed by atoms with Crippen LogP contribution < -0.4 is 10.8 Å². The number of hydrogen-bond donors (Lipinski definition) is 2. The van der Waals surface area contributed by atoms with E-state index in [2.05, 4.69) is 31.6 Å². The summed E-state index contributed by atoms with van der Waals surface area (Å²) >= 11 is 1.62. The molecule has 98 valence electrons. The Morgan fingerprint density at radius 1 is 1.53 bits per heavy atom. The first kappa shape index (κ1) is 12.6. The summed E-state index contributed by atoms with van der Waals surface area (Å²) < 4.78 is 0.912. The number of primary amides is 1. The van der Waals surface area contributed by atoms with Gasteiger partial charge in [0.1, 0.15) is 5.82 Å². The summed E-state index contributed by atoms with van der Waals surface area (Å²) in [6.45, 7) is 0. The molecule has 0 aromatic carbocycles. The van der Waals surface area contributed by atoms with Gasteiger partial charge in [0.05, 0.1) is 10.3 Å². The first-order chi connectivity index (χ1) is 9.20. The predicted molar refractivity (Wildman–Crippen MR) is 83.3 cm³/mol. The summed E-state index contributed by atoms with van der Waals surface area (Å²) in [5.41, 5.74) is 7.28. The predicted octanol–water partition coefficient (Wildman–Crippen LogP) is 3.16. The Hall–Kier alpha value is -1.45. The van der Waals surface area contributed by atoms with Crippen molar-refractivity contribution in [1.82, 2.24) is 4.98 Å². The molecule has 3 N–H and O–H groups in total. The number of anilines is 1. The molecule has 6 heteroatoms. The summed E-state index contributed by atoms with van der Waals surface area (Å²) in [6.07, 6.45) is 7.27. The second-order valence-electron chi connectivity index (χ2n) is 4.50. The zero-order chi connectivity index (χ0) is 13.4. The van der Waals surface area contributed by atoms with E-state index in [9.17, 15) is 4.79 Å². The molecule has 0 bridgehead atoms. The molecule has 0 fully saturated rings. The third-order valence-corrected chi connectivity index (χ3v) is 4.83. The second kappa shape index (κ2) is 4.91. The van der Waals surface area contributed by atoms with Crippen molar-refractivity contribution in [2.24, 2.45) is 5.73 Å². The van der Waals surface area contributed by atoms with E-state index in [-0.39, 0.29) is 0 Å². The highest BCUT2D eigenvalue weighted by Crippen LogP contribution is 2.39. The van der Waals surface area contributed by atoms with Gasteiger partial charge in [-0.25, -0.2) is 4.98 Å². The van der Waals surface area contributed by atoms with Crippen LogP contribution in [0.2, 0.25) is 0 Å². The first-order valence-electron chi connectivity index (χ1n) is 6.09. The number of nitrogens with two attached hydrogens (primary N) is 1. The van der Waals surface area contributed by atoms with Crippen LogP contribution in [0.5, 0.6) is 0 Å². The molecule has 0 saturated carbocycles. The van der Waals surface area contributed by atoms with E-state index >= 15 is 0 Å². The molecule has 1 aliphatic rings. The van der Waals surface area contributed by atoms with Gasteiger partial charge in [-0.2, -0.15) is 0 Å². The third-order valence-electron chi connectivity index (χ3n) is 3.31. The highest BCUT2D eigenvalue weighted by Gasteiger charge is 2.17. The summed E-state index contributed by atoms with van der Waals surface area (Å²) in [5, 5.41) is 3.94. The first-order valence-corrected chi connectivity index (χ1v) is 7.48. The number of allylic oxidation sites excluding steroid dienone is 2. The number of fused-ring (bicyclic) bond motifs is 1. The molecule has 1 unspecified atom stereocenters. The largest absolute Gasteiger partial charge is 0.366 e. The fourth-order valence-electron chi connectivity index (χ4n) is 2.37. The van der Waals surface area contributed by atoms with Gasteiger partial charge in [-0.05, 0) is 40.3 Å². The van der Waals surface area contributed by atoms with Gasteiger partial charge in [0, 0.05) is 16.5 Å². The molecule has 2 aromatic heterocycles. The molecule has 3 rings (SSSR count). The zero-order valence-corrected chi connectivity index (χ0v) is 12.2. The molecule has 0 aliphatic heterocycles. The quantitative estimate of drug-likeness (QED) is 0.853. The molecule has 19 heavy (non-hydrogen) atoms. The maximum atomic E-state index is 11.5. The standard InChI is InChI=1S/C13H14N3OPS/c14-12(17)9-6-15-13(16-18)8-5-10(19-11(8)9)7-3-1-2-4-7/h3,5-6H,1-2,4,18H2,(H2,14,17)(H,15,16). The van der Waals surface area contributed by atoms with Crippen molar-refractivity contribution in [2.75, 3.05) is 5.09 Å². The number of pyridine rings is 1. The van der Waals surface area contributed by atoms with Gasteiger partial charge in [0.2, 0.25) is 0 Å². The molecule has 0 saturated heterocycles. The molecule has 0 radical (unpaired) electrons. The zero-order valence-electron chi connectivity index (χ0n) is 10.3. The monoisotopic (exact) mass is 291 g/mol. The molecule has 1 atom stereocenters. The highest BCUT2D eigenvalue weighted by molar-refractivity contribution is 7.21. The minimum Gasteiger partial charge on any atom is -0.366 e. The van der Waals surface area contributed by atoms with Crippen LogP contribution in [-0.2, 0) is 0 Å². The maximum absolute atomic E-state index is 11.5. The van der Waals surface area contributed by atoms with E-state index in [4.69, 9.17) is 5.73 Å². The fraction of sp³-hybridized carbons (Fsp3) is 0.231. The number of nitrogens with zero attached hydrogens (tertiary/aromatic N) is 1. The van der Waals surface area contributed by atoms with E-state index in [1.54, 1.807) is 17.5 Å². The smallest absolute Gasteiger partial charge is 0.251 e. The molecule has 4 nitrogen and oxygen atoms in total. The number of hydrogen-bond acceptors (Lipinski definition) is 4. The van der Waals surface area contributed by atoms with Crippen molar-refractivity contribution in [1.29, 1.82) is 0 Å². The van der Waals surface area contributed by atoms with Crippen molar-refractivity contribution in [3.8, 4) is 0 Å². The van der Waals surface area contributed by atoms with Gasteiger partial charge in [-0.3, -0.25) is 4.79 Å². The van der Waals surface area contributed by atoms with Crippen molar-refractivity contribution in [3.05, 3.63) is 28.8 Å².